The number of rotatable bonds is 4. The zero-order valence-corrected chi connectivity index (χ0v) is 9.63. The summed E-state index contributed by atoms with van der Waals surface area (Å²) in [6, 6.07) is 5.95. The van der Waals surface area contributed by atoms with Gasteiger partial charge in [0.25, 0.3) is 0 Å². The molecule has 0 fully saturated rings. The van der Waals surface area contributed by atoms with Crippen molar-refractivity contribution in [2.45, 2.75) is 6.42 Å². The number of carbonyl (C=O) groups excluding carboxylic acids is 1. The first-order valence-corrected chi connectivity index (χ1v) is 5.77. The number of hydrogen-bond donors (Lipinski definition) is 2. The van der Waals surface area contributed by atoms with Crippen LogP contribution in [0.15, 0.2) is 29.6 Å². The Morgan fingerprint density at radius 3 is 2.76 bits per heavy atom. The normalized spacial score (nSPS) is 10.2. The average molecular weight is 251 g/mol. The van der Waals surface area contributed by atoms with Gasteiger partial charge in [-0.2, -0.15) is 0 Å². The molecule has 0 spiro atoms. The molecule has 1 aromatic carbocycles. The predicted molar refractivity (Wildman–Crippen MR) is 64.7 cm³/mol. The molecule has 0 aliphatic rings. The monoisotopic (exact) mass is 251 g/mol. The van der Waals surface area contributed by atoms with Gasteiger partial charge < -0.3 is 11.1 Å². The van der Waals surface area contributed by atoms with Crippen molar-refractivity contribution < 1.29 is 9.18 Å². The number of nitrogens with two attached hydrogens (primary N) is 1. The predicted octanol–water partition coefficient (Wildman–Crippen LogP) is 2.05. The number of nitrogens with one attached hydrogen (secondary N) is 1. The molecule has 2 rings (SSSR count). The Balaban J connectivity index is 2.06. The lowest BCUT2D eigenvalue weighted by Gasteiger charge is -2.01. The van der Waals surface area contributed by atoms with E-state index in [0.717, 1.165) is 5.69 Å². The average Bonchev–Trinajstić information content (AvgIpc) is 2.68. The lowest BCUT2D eigenvalue weighted by molar-refractivity contribution is -0.117. The molecule has 1 heterocycles. The largest absolute Gasteiger partial charge is 0.369 e. The number of benzene rings is 1. The molecular weight excluding hydrogens is 241 g/mol. The van der Waals surface area contributed by atoms with Gasteiger partial charge in [0.15, 0.2) is 5.13 Å². The summed E-state index contributed by atoms with van der Waals surface area (Å²) in [5.74, 6) is -0.701. The van der Waals surface area contributed by atoms with Crippen LogP contribution in [-0.4, -0.2) is 10.9 Å². The first kappa shape index (κ1) is 11.5. The quantitative estimate of drug-likeness (QED) is 0.873. The van der Waals surface area contributed by atoms with Gasteiger partial charge in [-0.15, -0.1) is 11.3 Å². The van der Waals surface area contributed by atoms with Crippen LogP contribution in [0.5, 0.6) is 0 Å². The van der Waals surface area contributed by atoms with Crippen LogP contribution >= 0.6 is 11.3 Å². The maximum atomic E-state index is 12.7. The van der Waals surface area contributed by atoms with Crippen LogP contribution in [0.1, 0.15) is 5.69 Å². The van der Waals surface area contributed by atoms with Crippen molar-refractivity contribution in [3.05, 3.63) is 41.2 Å². The highest BCUT2D eigenvalue weighted by Crippen LogP contribution is 2.21. The highest BCUT2D eigenvalue weighted by molar-refractivity contribution is 7.13. The SMILES string of the molecule is NC(=O)Cc1csc(Nc2ccc(F)cc2)n1. The number of amides is 1. The van der Waals surface area contributed by atoms with Gasteiger partial charge in [0.05, 0.1) is 12.1 Å². The second-order valence-corrected chi connectivity index (χ2v) is 4.28. The Labute approximate surface area is 101 Å². The van der Waals surface area contributed by atoms with E-state index in [2.05, 4.69) is 10.3 Å². The molecule has 4 nitrogen and oxygen atoms in total. The number of anilines is 2. The van der Waals surface area contributed by atoms with E-state index in [1.54, 1.807) is 17.5 Å². The van der Waals surface area contributed by atoms with Crippen molar-refractivity contribution in [1.82, 2.24) is 4.98 Å². The summed E-state index contributed by atoms with van der Waals surface area (Å²) in [7, 11) is 0. The highest BCUT2D eigenvalue weighted by atomic mass is 32.1. The summed E-state index contributed by atoms with van der Waals surface area (Å²) >= 11 is 1.37. The summed E-state index contributed by atoms with van der Waals surface area (Å²) in [4.78, 5) is 14.9. The molecule has 6 heteroatoms. The molecule has 0 unspecified atom stereocenters. The summed E-state index contributed by atoms with van der Waals surface area (Å²) in [5.41, 5.74) is 6.44. The second-order valence-electron chi connectivity index (χ2n) is 3.42. The van der Waals surface area contributed by atoms with Gasteiger partial charge in [-0.3, -0.25) is 4.79 Å². The third kappa shape index (κ3) is 3.25. The number of halogens is 1. The minimum atomic E-state index is -0.413. The van der Waals surface area contributed by atoms with Gasteiger partial charge in [-0.25, -0.2) is 9.37 Å². The molecule has 0 saturated heterocycles. The molecule has 1 aromatic heterocycles. The Bertz CT molecular complexity index is 524. The molecule has 3 N–H and O–H groups in total. The van der Waals surface area contributed by atoms with Crippen molar-refractivity contribution in [3.8, 4) is 0 Å². The third-order valence-electron chi connectivity index (χ3n) is 2.00. The fraction of sp³-hybridized carbons (Fsp3) is 0.0909. The zero-order valence-electron chi connectivity index (χ0n) is 8.81. The van der Waals surface area contributed by atoms with Gasteiger partial charge in [0.1, 0.15) is 5.82 Å². The van der Waals surface area contributed by atoms with E-state index in [-0.39, 0.29) is 12.2 Å². The zero-order chi connectivity index (χ0) is 12.3. The van der Waals surface area contributed by atoms with Gasteiger partial charge in [0.2, 0.25) is 5.91 Å². The minimum Gasteiger partial charge on any atom is -0.369 e. The van der Waals surface area contributed by atoms with E-state index in [1.807, 2.05) is 0 Å². The van der Waals surface area contributed by atoms with E-state index >= 15 is 0 Å². The molecular formula is C11H10FN3OS. The molecule has 0 radical (unpaired) electrons. The van der Waals surface area contributed by atoms with Crippen molar-refractivity contribution in [2.75, 3.05) is 5.32 Å². The lowest BCUT2D eigenvalue weighted by Crippen LogP contribution is -2.13. The smallest absolute Gasteiger partial charge is 0.223 e. The van der Waals surface area contributed by atoms with Crippen LogP contribution in [0.2, 0.25) is 0 Å². The summed E-state index contributed by atoms with van der Waals surface area (Å²) < 4.78 is 12.7. The van der Waals surface area contributed by atoms with E-state index < -0.39 is 5.91 Å². The van der Waals surface area contributed by atoms with Gasteiger partial charge in [-0.1, -0.05) is 0 Å². The molecule has 2 aromatic rings. The van der Waals surface area contributed by atoms with Crippen molar-refractivity contribution in [1.29, 1.82) is 0 Å². The van der Waals surface area contributed by atoms with E-state index in [0.29, 0.717) is 10.8 Å². The van der Waals surface area contributed by atoms with Crippen LogP contribution in [0, 0.1) is 5.82 Å². The molecule has 0 aliphatic carbocycles. The first-order valence-electron chi connectivity index (χ1n) is 4.89. The van der Waals surface area contributed by atoms with Crippen LogP contribution < -0.4 is 11.1 Å². The number of primary amides is 1. The fourth-order valence-electron chi connectivity index (χ4n) is 1.28. The maximum Gasteiger partial charge on any atom is 0.223 e. The lowest BCUT2D eigenvalue weighted by atomic mass is 10.3. The Kier molecular flexibility index (Phi) is 3.34. The molecule has 0 atom stereocenters. The number of hydrogen-bond acceptors (Lipinski definition) is 4. The summed E-state index contributed by atoms with van der Waals surface area (Å²) in [5, 5.41) is 5.42. The van der Waals surface area contributed by atoms with Gasteiger partial charge in [-0.05, 0) is 24.3 Å². The number of aromatic nitrogens is 1. The van der Waals surface area contributed by atoms with Crippen molar-refractivity contribution in [2.24, 2.45) is 5.73 Å². The van der Waals surface area contributed by atoms with Crippen LogP contribution in [0.4, 0.5) is 15.2 Å². The highest BCUT2D eigenvalue weighted by Gasteiger charge is 2.05. The topological polar surface area (TPSA) is 68.0 Å². The van der Waals surface area contributed by atoms with Gasteiger partial charge in [0, 0.05) is 11.1 Å². The molecule has 88 valence electrons. The third-order valence-corrected chi connectivity index (χ3v) is 2.81. The van der Waals surface area contributed by atoms with E-state index in [4.69, 9.17) is 5.73 Å². The molecule has 17 heavy (non-hydrogen) atoms. The Morgan fingerprint density at radius 2 is 2.12 bits per heavy atom. The Morgan fingerprint density at radius 1 is 1.41 bits per heavy atom. The molecule has 0 bridgehead atoms. The minimum absolute atomic E-state index is 0.127. The Hall–Kier alpha value is -1.95. The van der Waals surface area contributed by atoms with Gasteiger partial charge >= 0.3 is 0 Å². The molecule has 0 saturated carbocycles. The fourth-order valence-corrected chi connectivity index (χ4v) is 2.01. The van der Waals surface area contributed by atoms with E-state index in [1.165, 1.54) is 23.5 Å². The molecule has 1 amide bonds. The van der Waals surface area contributed by atoms with Crippen LogP contribution in [-0.2, 0) is 11.2 Å². The number of carbonyl (C=O) groups is 1. The van der Waals surface area contributed by atoms with Crippen LogP contribution in [0.3, 0.4) is 0 Å². The van der Waals surface area contributed by atoms with Crippen molar-refractivity contribution >= 4 is 28.1 Å². The number of nitrogens with zero attached hydrogens (tertiary/aromatic N) is 1. The maximum absolute atomic E-state index is 12.7. The summed E-state index contributed by atoms with van der Waals surface area (Å²) in [6.07, 6.45) is 0.127. The van der Waals surface area contributed by atoms with Crippen molar-refractivity contribution in [3.63, 3.8) is 0 Å². The second kappa shape index (κ2) is 4.92. The number of thiazole rings is 1. The molecule has 0 aliphatic heterocycles. The first-order chi connectivity index (χ1) is 8.13. The summed E-state index contributed by atoms with van der Waals surface area (Å²) in [6.45, 7) is 0. The standard InChI is InChI=1S/C11H10FN3OS/c12-7-1-3-8(4-2-7)14-11-15-9(6-17-11)5-10(13)16/h1-4,6H,5H2,(H2,13,16)(H,14,15). The van der Waals surface area contributed by atoms with E-state index in [9.17, 15) is 9.18 Å². The van der Waals surface area contributed by atoms with Crippen LogP contribution in [0.25, 0.3) is 0 Å².